The fourth-order valence-corrected chi connectivity index (χ4v) is 2.10. The zero-order chi connectivity index (χ0) is 12.5. The summed E-state index contributed by atoms with van der Waals surface area (Å²) in [5.74, 6) is -0.721. The lowest BCUT2D eigenvalue weighted by molar-refractivity contribution is 0.527. The van der Waals surface area contributed by atoms with Gasteiger partial charge in [0.1, 0.15) is 11.6 Å². The molecule has 0 amide bonds. The SMILES string of the molecule is CCc1c(C(C)C)cc(F)c(C(C)C)c1F. The summed E-state index contributed by atoms with van der Waals surface area (Å²) in [6.07, 6.45) is 0.610. The van der Waals surface area contributed by atoms with E-state index in [0.29, 0.717) is 12.0 Å². The molecule has 0 aliphatic carbocycles. The molecule has 0 nitrogen and oxygen atoms in total. The molecule has 0 unspecified atom stereocenters. The molecule has 0 N–H and O–H groups in total. The molecule has 0 saturated carbocycles. The zero-order valence-corrected chi connectivity index (χ0v) is 10.7. The molecule has 1 rings (SSSR count). The highest BCUT2D eigenvalue weighted by atomic mass is 19.1. The molecule has 0 radical (unpaired) electrons. The zero-order valence-electron chi connectivity index (χ0n) is 10.7. The molecule has 0 aliphatic rings. The maximum Gasteiger partial charge on any atom is 0.133 e. The number of rotatable bonds is 3. The normalized spacial score (nSPS) is 11.6. The Kier molecular flexibility index (Phi) is 4.06. The second kappa shape index (κ2) is 4.94. The Morgan fingerprint density at radius 1 is 1.06 bits per heavy atom. The van der Waals surface area contributed by atoms with E-state index in [-0.39, 0.29) is 23.2 Å². The number of hydrogen-bond acceptors (Lipinski definition) is 0. The first-order chi connectivity index (χ1) is 7.40. The fraction of sp³-hybridized carbons (Fsp3) is 0.571. The summed E-state index contributed by atoms with van der Waals surface area (Å²) in [6, 6.07) is 1.50. The van der Waals surface area contributed by atoms with Crippen LogP contribution in [0, 0.1) is 11.6 Å². The van der Waals surface area contributed by atoms with Crippen molar-refractivity contribution in [2.45, 2.75) is 52.9 Å². The summed E-state index contributed by atoms with van der Waals surface area (Å²) in [5.41, 5.74) is 1.68. The Hall–Kier alpha value is -0.920. The van der Waals surface area contributed by atoms with Crippen LogP contribution in [0.2, 0.25) is 0 Å². The number of benzene rings is 1. The maximum absolute atomic E-state index is 14.2. The van der Waals surface area contributed by atoms with E-state index in [1.807, 2.05) is 34.6 Å². The van der Waals surface area contributed by atoms with Crippen molar-refractivity contribution in [3.8, 4) is 0 Å². The largest absolute Gasteiger partial charge is 0.207 e. The molecule has 0 bridgehead atoms. The summed E-state index contributed by atoms with van der Waals surface area (Å²) in [6.45, 7) is 9.46. The highest BCUT2D eigenvalue weighted by molar-refractivity contribution is 5.38. The number of halogens is 2. The van der Waals surface area contributed by atoms with E-state index >= 15 is 0 Å². The van der Waals surface area contributed by atoms with E-state index in [2.05, 4.69) is 0 Å². The predicted octanol–water partition coefficient (Wildman–Crippen LogP) is 4.77. The van der Waals surface area contributed by atoms with E-state index < -0.39 is 5.82 Å². The van der Waals surface area contributed by atoms with Gasteiger partial charge in [-0.15, -0.1) is 0 Å². The Balaban J connectivity index is 3.50. The standard InChI is InChI=1S/C14H20F2/c1-6-10-11(8(2)3)7-12(15)13(9(4)5)14(10)16/h7-9H,6H2,1-5H3. The average molecular weight is 226 g/mol. The third-order valence-corrected chi connectivity index (χ3v) is 2.94. The molecule has 90 valence electrons. The summed E-state index contributed by atoms with van der Waals surface area (Å²) in [7, 11) is 0. The Morgan fingerprint density at radius 2 is 1.62 bits per heavy atom. The first-order valence-corrected chi connectivity index (χ1v) is 5.90. The molecule has 2 heteroatoms. The van der Waals surface area contributed by atoms with Crippen molar-refractivity contribution >= 4 is 0 Å². The van der Waals surface area contributed by atoms with Crippen LogP contribution in [0.3, 0.4) is 0 Å². The maximum atomic E-state index is 14.2. The number of hydrogen-bond donors (Lipinski definition) is 0. The van der Waals surface area contributed by atoms with Crippen LogP contribution in [0.15, 0.2) is 6.07 Å². The lowest BCUT2D eigenvalue weighted by Crippen LogP contribution is -2.07. The lowest BCUT2D eigenvalue weighted by Gasteiger charge is -2.18. The van der Waals surface area contributed by atoms with Gasteiger partial charge in [0.2, 0.25) is 0 Å². The van der Waals surface area contributed by atoms with Gasteiger partial charge < -0.3 is 0 Å². The molecule has 0 spiro atoms. The van der Waals surface area contributed by atoms with Gasteiger partial charge in [-0.25, -0.2) is 8.78 Å². The monoisotopic (exact) mass is 226 g/mol. The van der Waals surface area contributed by atoms with Gasteiger partial charge in [0.25, 0.3) is 0 Å². The van der Waals surface area contributed by atoms with E-state index in [4.69, 9.17) is 0 Å². The van der Waals surface area contributed by atoms with Gasteiger partial charge in [-0.1, -0.05) is 34.6 Å². The van der Waals surface area contributed by atoms with Gasteiger partial charge in [-0.2, -0.15) is 0 Å². The highest BCUT2D eigenvalue weighted by Gasteiger charge is 2.20. The van der Waals surface area contributed by atoms with Gasteiger partial charge in [-0.05, 0) is 35.4 Å². The van der Waals surface area contributed by atoms with Gasteiger partial charge in [-0.3, -0.25) is 0 Å². The Bertz CT molecular complexity index is 379. The lowest BCUT2D eigenvalue weighted by atomic mass is 9.89. The molecule has 0 atom stereocenters. The van der Waals surface area contributed by atoms with Crippen LogP contribution < -0.4 is 0 Å². The van der Waals surface area contributed by atoms with E-state index in [1.165, 1.54) is 6.07 Å². The van der Waals surface area contributed by atoms with Gasteiger partial charge >= 0.3 is 0 Å². The topological polar surface area (TPSA) is 0 Å². The van der Waals surface area contributed by atoms with Crippen molar-refractivity contribution in [1.82, 2.24) is 0 Å². The summed E-state index contributed by atoms with van der Waals surface area (Å²) >= 11 is 0. The summed E-state index contributed by atoms with van der Waals surface area (Å²) in [5, 5.41) is 0. The van der Waals surface area contributed by atoms with Crippen molar-refractivity contribution in [1.29, 1.82) is 0 Å². The fourth-order valence-electron chi connectivity index (χ4n) is 2.10. The van der Waals surface area contributed by atoms with Gasteiger partial charge in [0.05, 0.1) is 0 Å². The second-order valence-electron chi connectivity index (χ2n) is 4.82. The Labute approximate surface area is 96.7 Å². The minimum absolute atomic E-state index is 0.119. The predicted molar refractivity (Wildman–Crippen MR) is 63.9 cm³/mol. The third kappa shape index (κ3) is 2.26. The average Bonchev–Trinajstić information content (AvgIpc) is 2.16. The molecule has 16 heavy (non-hydrogen) atoms. The molecular weight excluding hydrogens is 206 g/mol. The van der Waals surface area contributed by atoms with Crippen molar-refractivity contribution in [3.63, 3.8) is 0 Å². The van der Waals surface area contributed by atoms with E-state index in [0.717, 1.165) is 5.56 Å². The first-order valence-electron chi connectivity index (χ1n) is 5.90. The van der Waals surface area contributed by atoms with Crippen LogP contribution in [0.1, 0.15) is 63.1 Å². The van der Waals surface area contributed by atoms with Crippen molar-refractivity contribution in [2.75, 3.05) is 0 Å². The molecule has 0 fully saturated rings. The second-order valence-corrected chi connectivity index (χ2v) is 4.82. The molecule has 0 aliphatic heterocycles. The van der Waals surface area contributed by atoms with Crippen molar-refractivity contribution in [2.24, 2.45) is 0 Å². The Morgan fingerprint density at radius 3 is 2.00 bits per heavy atom. The smallest absolute Gasteiger partial charge is 0.133 e. The van der Waals surface area contributed by atoms with Crippen molar-refractivity contribution < 1.29 is 8.78 Å². The summed E-state index contributed by atoms with van der Waals surface area (Å²) in [4.78, 5) is 0. The highest BCUT2D eigenvalue weighted by Crippen LogP contribution is 2.31. The van der Waals surface area contributed by atoms with Crippen LogP contribution in [-0.4, -0.2) is 0 Å². The molecule has 0 heterocycles. The van der Waals surface area contributed by atoms with Crippen LogP contribution in [0.4, 0.5) is 8.78 Å². The van der Waals surface area contributed by atoms with Crippen LogP contribution >= 0.6 is 0 Å². The molecule has 1 aromatic rings. The first kappa shape index (κ1) is 13.1. The molecule has 0 saturated heterocycles. The molecule has 0 aromatic heterocycles. The van der Waals surface area contributed by atoms with Crippen molar-refractivity contribution in [3.05, 3.63) is 34.4 Å². The third-order valence-electron chi connectivity index (χ3n) is 2.94. The van der Waals surface area contributed by atoms with Crippen LogP contribution in [-0.2, 0) is 6.42 Å². The van der Waals surface area contributed by atoms with Crippen LogP contribution in [0.25, 0.3) is 0 Å². The summed E-state index contributed by atoms with van der Waals surface area (Å²) < 4.78 is 28.0. The molecular formula is C14H20F2. The minimum atomic E-state index is -0.409. The van der Waals surface area contributed by atoms with Gasteiger partial charge in [0.15, 0.2) is 0 Å². The van der Waals surface area contributed by atoms with E-state index in [1.54, 1.807) is 0 Å². The van der Waals surface area contributed by atoms with Crippen LogP contribution in [0.5, 0.6) is 0 Å². The minimum Gasteiger partial charge on any atom is -0.207 e. The quantitative estimate of drug-likeness (QED) is 0.696. The van der Waals surface area contributed by atoms with Gasteiger partial charge in [0, 0.05) is 5.56 Å². The van der Waals surface area contributed by atoms with E-state index in [9.17, 15) is 8.78 Å². The molecule has 1 aromatic carbocycles.